The van der Waals surface area contributed by atoms with Crippen molar-refractivity contribution in [3.63, 3.8) is 0 Å². The van der Waals surface area contributed by atoms with Gasteiger partial charge in [0.15, 0.2) is 0 Å². The summed E-state index contributed by atoms with van der Waals surface area (Å²) in [5, 5.41) is 17.3. The molecule has 226 valence electrons. The molecular formula is C30H38N4O6S2. The monoisotopic (exact) mass is 614 g/mol. The zero-order chi connectivity index (χ0) is 30.9. The van der Waals surface area contributed by atoms with Gasteiger partial charge in [-0.25, -0.2) is 18.1 Å². The van der Waals surface area contributed by atoms with E-state index in [1.807, 2.05) is 51.1 Å². The SMILES string of the molecule is CC(C)(C)NC(=O)c1ccccc1C[C@H](O)[C@H](Cc1ccccc1)NC(=O)[C@@H](CS(=O)c1ccccn1)NS(C)(=O)=O. The van der Waals surface area contributed by atoms with Gasteiger partial charge in [-0.15, -0.1) is 0 Å². The van der Waals surface area contributed by atoms with Crippen molar-refractivity contribution < 1.29 is 27.3 Å². The standard InChI is InChI=1S/C30H38N4O6S2/c1-30(2,3)33-28(36)23-15-9-8-14-22(23)19-26(35)24(18-21-12-6-5-7-13-21)32-29(37)25(34-42(4,39)40)20-41(38)27-16-10-11-17-31-27/h5-17,24-26,34-35H,18-20H2,1-4H3,(H,32,37)(H,33,36)/t24-,25+,26-,41?/m0/s1. The predicted octanol–water partition coefficient (Wildman–Crippen LogP) is 1.97. The average molecular weight is 615 g/mol. The van der Waals surface area contributed by atoms with Crippen LogP contribution in [0.25, 0.3) is 0 Å². The Morgan fingerprint density at radius 2 is 1.60 bits per heavy atom. The van der Waals surface area contributed by atoms with E-state index in [0.717, 1.165) is 11.8 Å². The van der Waals surface area contributed by atoms with Crippen LogP contribution in [0.1, 0.15) is 42.3 Å². The first-order valence-corrected chi connectivity index (χ1v) is 16.6. The van der Waals surface area contributed by atoms with Crippen molar-refractivity contribution in [1.29, 1.82) is 0 Å². The number of nitrogens with one attached hydrogen (secondary N) is 3. The Kier molecular flexibility index (Phi) is 11.5. The first kappa shape index (κ1) is 33.1. The lowest BCUT2D eigenvalue weighted by molar-refractivity contribution is -0.123. The largest absolute Gasteiger partial charge is 0.391 e. The molecule has 0 saturated heterocycles. The molecule has 4 N–H and O–H groups in total. The number of hydrogen-bond acceptors (Lipinski definition) is 7. The Balaban J connectivity index is 1.87. The lowest BCUT2D eigenvalue weighted by Gasteiger charge is -2.28. The van der Waals surface area contributed by atoms with Crippen molar-refractivity contribution in [2.45, 2.75) is 62.4 Å². The van der Waals surface area contributed by atoms with E-state index in [4.69, 9.17) is 0 Å². The maximum atomic E-state index is 13.5. The van der Waals surface area contributed by atoms with Gasteiger partial charge in [-0.05, 0) is 56.5 Å². The Labute approximate surface area is 249 Å². The van der Waals surface area contributed by atoms with E-state index in [2.05, 4.69) is 20.3 Å². The van der Waals surface area contributed by atoms with Crippen LogP contribution in [-0.2, 0) is 38.5 Å². The minimum absolute atomic E-state index is 0.0373. The summed E-state index contributed by atoms with van der Waals surface area (Å²) in [6.07, 6.45) is 1.47. The van der Waals surface area contributed by atoms with Crippen LogP contribution in [-0.4, -0.2) is 70.3 Å². The summed E-state index contributed by atoms with van der Waals surface area (Å²) >= 11 is 0. The maximum absolute atomic E-state index is 13.5. The van der Waals surface area contributed by atoms with Crippen LogP contribution in [0.5, 0.6) is 0 Å². The number of carbonyl (C=O) groups excluding carboxylic acids is 2. The predicted molar refractivity (Wildman–Crippen MR) is 163 cm³/mol. The van der Waals surface area contributed by atoms with E-state index in [1.54, 1.807) is 36.4 Å². The highest BCUT2D eigenvalue weighted by Crippen LogP contribution is 2.17. The van der Waals surface area contributed by atoms with Gasteiger partial charge in [0.2, 0.25) is 15.9 Å². The molecule has 2 amide bonds. The first-order chi connectivity index (χ1) is 19.7. The third kappa shape index (κ3) is 10.8. The summed E-state index contributed by atoms with van der Waals surface area (Å²) < 4.78 is 39.5. The summed E-state index contributed by atoms with van der Waals surface area (Å²) in [5.41, 5.74) is 1.34. The van der Waals surface area contributed by atoms with Gasteiger partial charge in [0, 0.05) is 23.7 Å². The maximum Gasteiger partial charge on any atom is 0.251 e. The number of pyridine rings is 1. The summed E-state index contributed by atoms with van der Waals surface area (Å²) in [5.74, 6) is -1.40. The van der Waals surface area contributed by atoms with Gasteiger partial charge in [0.05, 0.1) is 35.0 Å². The second-order valence-corrected chi connectivity index (χ2v) is 14.3. The number of carbonyl (C=O) groups is 2. The molecular weight excluding hydrogens is 576 g/mol. The van der Waals surface area contributed by atoms with Crippen LogP contribution in [0.4, 0.5) is 0 Å². The van der Waals surface area contributed by atoms with Crippen molar-refractivity contribution in [2.75, 3.05) is 12.0 Å². The molecule has 1 aromatic heterocycles. The molecule has 12 heteroatoms. The lowest BCUT2D eigenvalue weighted by atomic mass is 9.93. The van der Waals surface area contributed by atoms with Crippen molar-refractivity contribution >= 4 is 32.6 Å². The number of aromatic nitrogens is 1. The van der Waals surface area contributed by atoms with E-state index >= 15 is 0 Å². The fourth-order valence-electron chi connectivity index (χ4n) is 4.27. The third-order valence-corrected chi connectivity index (χ3v) is 8.19. The highest BCUT2D eigenvalue weighted by molar-refractivity contribution is 7.89. The molecule has 10 nitrogen and oxygen atoms in total. The molecule has 1 heterocycles. The number of nitrogens with zero attached hydrogens (tertiary/aromatic N) is 1. The number of hydrogen-bond donors (Lipinski definition) is 4. The molecule has 0 radical (unpaired) electrons. The van der Waals surface area contributed by atoms with Crippen LogP contribution >= 0.6 is 0 Å². The van der Waals surface area contributed by atoms with Crippen LogP contribution in [0.3, 0.4) is 0 Å². The fraction of sp³-hybridized carbons (Fsp3) is 0.367. The Hall–Kier alpha value is -3.45. The van der Waals surface area contributed by atoms with Gasteiger partial charge in [-0.2, -0.15) is 0 Å². The Bertz CT molecular complexity index is 1480. The van der Waals surface area contributed by atoms with E-state index in [-0.39, 0.29) is 29.5 Å². The molecule has 0 aliphatic carbocycles. The van der Waals surface area contributed by atoms with Crippen LogP contribution < -0.4 is 15.4 Å². The molecule has 1 unspecified atom stereocenters. The molecule has 0 spiro atoms. The highest BCUT2D eigenvalue weighted by atomic mass is 32.2. The van der Waals surface area contributed by atoms with E-state index < -0.39 is 50.5 Å². The van der Waals surface area contributed by atoms with Crippen molar-refractivity contribution in [3.8, 4) is 0 Å². The second kappa shape index (κ2) is 14.6. The molecule has 0 saturated carbocycles. The van der Waals surface area contributed by atoms with Crippen molar-refractivity contribution in [1.82, 2.24) is 20.3 Å². The molecule has 0 aliphatic rings. The number of amides is 2. The van der Waals surface area contributed by atoms with Gasteiger partial charge in [0.1, 0.15) is 11.1 Å². The molecule has 0 aliphatic heterocycles. The molecule has 2 aromatic carbocycles. The van der Waals surface area contributed by atoms with Gasteiger partial charge < -0.3 is 15.7 Å². The summed E-state index contributed by atoms with van der Waals surface area (Å²) in [4.78, 5) is 30.5. The van der Waals surface area contributed by atoms with Crippen LogP contribution in [0.15, 0.2) is 84.0 Å². The Morgan fingerprint density at radius 3 is 2.21 bits per heavy atom. The highest BCUT2D eigenvalue weighted by Gasteiger charge is 2.30. The number of rotatable bonds is 13. The molecule has 4 atom stereocenters. The van der Waals surface area contributed by atoms with Gasteiger partial charge >= 0.3 is 0 Å². The van der Waals surface area contributed by atoms with Crippen LogP contribution in [0.2, 0.25) is 0 Å². The second-order valence-electron chi connectivity index (χ2n) is 11.1. The third-order valence-electron chi connectivity index (χ3n) is 6.13. The van der Waals surface area contributed by atoms with Gasteiger partial charge in [0.25, 0.3) is 5.91 Å². The minimum atomic E-state index is -3.86. The quantitative estimate of drug-likeness (QED) is 0.230. The zero-order valence-electron chi connectivity index (χ0n) is 24.1. The number of aliphatic hydroxyl groups excluding tert-OH is 1. The average Bonchev–Trinajstić information content (AvgIpc) is 2.92. The van der Waals surface area contributed by atoms with Gasteiger partial charge in [-0.3, -0.25) is 13.8 Å². The number of benzene rings is 2. The summed E-state index contributed by atoms with van der Waals surface area (Å²) in [7, 11) is -5.65. The summed E-state index contributed by atoms with van der Waals surface area (Å²) in [6, 6.07) is 18.7. The number of aliphatic hydroxyl groups is 1. The first-order valence-electron chi connectivity index (χ1n) is 13.4. The molecule has 42 heavy (non-hydrogen) atoms. The molecule has 3 aromatic rings. The molecule has 0 fully saturated rings. The minimum Gasteiger partial charge on any atom is -0.391 e. The number of sulfonamides is 1. The van der Waals surface area contributed by atoms with Crippen molar-refractivity contribution in [3.05, 3.63) is 95.7 Å². The van der Waals surface area contributed by atoms with Crippen LogP contribution in [0, 0.1) is 0 Å². The molecule has 0 bridgehead atoms. The van der Waals surface area contributed by atoms with E-state index in [1.165, 1.54) is 12.3 Å². The molecule has 3 rings (SSSR count). The lowest BCUT2D eigenvalue weighted by Crippen LogP contribution is -2.55. The topological polar surface area (TPSA) is 155 Å². The smallest absolute Gasteiger partial charge is 0.251 e. The van der Waals surface area contributed by atoms with Gasteiger partial charge in [-0.1, -0.05) is 54.6 Å². The van der Waals surface area contributed by atoms with Crippen molar-refractivity contribution in [2.24, 2.45) is 0 Å². The Morgan fingerprint density at radius 1 is 0.952 bits per heavy atom. The zero-order valence-corrected chi connectivity index (χ0v) is 25.7. The summed E-state index contributed by atoms with van der Waals surface area (Å²) in [6.45, 7) is 5.61. The fourth-order valence-corrected chi connectivity index (χ4v) is 6.20. The van der Waals surface area contributed by atoms with E-state index in [0.29, 0.717) is 11.1 Å². The normalized spacial score (nSPS) is 14.8. The van der Waals surface area contributed by atoms with E-state index in [9.17, 15) is 27.3 Å².